The van der Waals surface area contributed by atoms with Gasteiger partial charge in [0.1, 0.15) is 0 Å². The number of nitrogens with one attached hydrogen (secondary N) is 1. The summed E-state index contributed by atoms with van der Waals surface area (Å²) in [4.78, 5) is 12.1. The van der Waals surface area contributed by atoms with Crippen LogP contribution in [0.1, 0.15) is 28.4 Å². The Labute approximate surface area is 137 Å². The second kappa shape index (κ2) is 6.87. The first kappa shape index (κ1) is 15.7. The largest absolute Gasteiger partial charge is 0.272 e. The monoisotopic (exact) mass is 364 g/mol. The number of halogens is 2. The van der Waals surface area contributed by atoms with E-state index < -0.39 is 0 Å². The second-order valence-corrected chi connectivity index (χ2v) is 5.95. The molecule has 0 saturated carbocycles. The lowest BCUT2D eigenvalue weighted by Crippen LogP contribution is -2.19. The molecule has 1 amide bonds. The van der Waals surface area contributed by atoms with Crippen molar-refractivity contribution in [2.45, 2.75) is 13.8 Å². The molecule has 0 heterocycles. The van der Waals surface area contributed by atoms with Crippen molar-refractivity contribution < 1.29 is 4.79 Å². The van der Waals surface area contributed by atoms with Gasteiger partial charge in [-0.15, -0.1) is 0 Å². The van der Waals surface area contributed by atoms with Crippen molar-refractivity contribution in [1.29, 1.82) is 0 Å². The van der Waals surface area contributed by atoms with Crippen LogP contribution in [0.5, 0.6) is 0 Å². The Hall–Kier alpha value is -1.65. The minimum atomic E-state index is -0.325. The van der Waals surface area contributed by atoms with Gasteiger partial charge >= 0.3 is 0 Å². The van der Waals surface area contributed by atoms with Crippen molar-refractivity contribution in [3.63, 3.8) is 0 Å². The molecule has 0 aliphatic rings. The molecule has 0 atom stereocenters. The maximum absolute atomic E-state index is 12.1. The van der Waals surface area contributed by atoms with E-state index >= 15 is 0 Å². The summed E-state index contributed by atoms with van der Waals surface area (Å²) in [6.07, 6.45) is 0. The maximum atomic E-state index is 12.1. The van der Waals surface area contributed by atoms with Crippen LogP contribution in [0.3, 0.4) is 0 Å². The molecule has 2 aromatic carbocycles. The number of nitrogens with zero attached hydrogens (tertiary/aromatic N) is 1. The first-order valence-electron chi connectivity index (χ1n) is 6.34. The van der Waals surface area contributed by atoms with Crippen LogP contribution in [0.4, 0.5) is 0 Å². The number of aryl methyl sites for hydroxylation is 1. The molecule has 0 aliphatic heterocycles. The fourth-order valence-corrected chi connectivity index (χ4v) is 2.50. The topological polar surface area (TPSA) is 41.5 Å². The Morgan fingerprint density at radius 3 is 2.67 bits per heavy atom. The van der Waals surface area contributed by atoms with Gasteiger partial charge in [-0.05, 0) is 49.2 Å². The highest BCUT2D eigenvalue weighted by Crippen LogP contribution is 2.17. The third-order valence-corrected chi connectivity index (χ3v) is 3.74. The molecule has 2 rings (SSSR count). The molecule has 0 spiro atoms. The van der Waals surface area contributed by atoms with Gasteiger partial charge in [0.2, 0.25) is 0 Å². The van der Waals surface area contributed by atoms with Gasteiger partial charge in [-0.25, -0.2) is 5.43 Å². The van der Waals surface area contributed by atoms with E-state index in [1.165, 1.54) is 0 Å². The van der Waals surface area contributed by atoms with Crippen LogP contribution < -0.4 is 5.43 Å². The van der Waals surface area contributed by atoms with Crippen molar-refractivity contribution >= 4 is 39.1 Å². The molecule has 0 aliphatic carbocycles. The number of hydrogen-bond donors (Lipinski definition) is 1. The molecule has 21 heavy (non-hydrogen) atoms. The lowest BCUT2D eigenvalue weighted by Gasteiger charge is -2.05. The highest BCUT2D eigenvalue weighted by atomic mass is 79.9. The molecule has 0 aromatic heterocycles. The molecule has 5 heteroatoms. The Morgan fingerprint density at radius 2 is 2.00 bits per heavy atom. The molecule has 0 unspecified atom stereocenters. The van der Waals surface area contributed by atoms with Gasteiger partial charge in [0.25, 0.3) is 5.91 Å². The van der Waals surface area contributed by atoms with E-state index in [0.717, 1.165) is 15.6 Å². The standard InChI is InChI=1S/C16H14BrClN2O/c1-10-6-7-14(15(18)8-10)16(21)20-19-11(2)12-4-3-5-13(17)9-12/h3-9H,1-2H3,(H,20,21)/b19-11-. The van der Waals surface area contributed by atoms with Gasteiger partial charge in [-0.3, -0.25) is 4.79 Å². The Balaban J connectivity index is 2.14. The van der Waals surface area contributed by atoms with Crippen LogP contribution in [-0.4, -0.2) is 11.6 Å². The quantitative estimate of drug-likeness (QED) is 0.628. The summed E-state index contributed by atoms with van der Waals surface area (Å²) >= 11 is 9.47. The first-order chi connectivity index (χ1) is 9.97. The number of hydrazone groups is 1. The van der Waals surface area contributed by atoms with Gasteiger partial charge in [0.15, 0.2) is 0 Å². The highest BCUT2D eigenvalue weighted by Gasteiger charge is 2.09. The highest BCUT2D eigenvalue weighted by molar-refractivity contribution is 9.10. The molecule has 2 aromatic rings. The Bertz CT molecular complexity index is 713. The molecule has 0 fully saturated rings. The molecular weight excluding hydrogens is 352 g/mol. The molecule has 0 saturated heterocycles. The zero-order valence-electron chi connectivity index (χ0n) is 11.7. The third kappa shape index (κ3) is 4.16. The summed E-state index contributed by atoms with van der Waals surface area (Å²) in [5.74, 6) is -0.325. The third-order valence-electron chi connectivity index (χ3n) is 2.94. The summed E-state index contributed by atoms with van der Waals surface area (Å²) in [7, 11) is 0. The van der Waals surface area contributed by atoms with Crippen molar-refractivity contribution in [2.24, 2.45) is 5.10 Å². The maximum Gasteiger partial charge on any atom is 0.272 e. The van der Waals surface area contributed by atoms with Gasteiger partial charge in [-0.1, -0.05) is 45.7 Å². The molecule has 1 N–H and O–H groups in total. The number of amides is 1. The zero-order valence-corrected chi connectivity index (χ0v) is 14.0. The average Bonchev–Trinajstić information content (AvgIpc) is 2.44. The van der Waals surface area contributed by atoms with E-state index in [2.05, 4.69) is 26.5 Å². The van der Waals surface area contributed by atoms with Crippen molar-refractivity contribution in [3.05, 3.63) is 68.7 Å². The van der Waals surface area contributed by atoms with E-state index in [4.69, 9.17) is 11.6 Å². The van der Waals surface area contributed by atoms with Crippen LogP contribution in [0, 0.1) is 6.92 Å². The SMILES string of the molecule is C/C(=N/NC(=O)c1ccc(C)cc1Cl)c1cccc(Br)c1. The van der Waals surface area contributed by atoms with E-state index in [0.29, 0.717) is 16.3 Å². The van der Waals surface area contributed by atoms with Gasteiger partial charge in [-0.2, -0.15) is 5.10 Å². The van der Waals surface area contributed by atoms with E-state index in [1.807, 2.05) is 44.2 Å². The van der Waals surface area contributed by atoms with Gasteiger partial charge < -0.3 is 0 Å². The van der Waals surface area contributed by atoms with Crippen LogP contribution in [0.2, 0.25) is 5.02 Å². The smallest absolute Gasteiger partial charge is 0.267 e. The Morgan fingerprint density at radius 1 is 1.24 bits per heavy atom. The van der Waals surface area contributed by atoms with E-state index in [1.54, 1.807) is 12.1 Å². The number of hydrogen-bond acceptors (Lipinski definition) is 2. The molecule has 108 valence electrons. The number of benzene rings is 2. The molecule has 3 nitrogen and oxygen atoms in total. The van der Waals surface area contributed by atoms with Crippen LogP contribution >= 0.6 is 27.5 Å². The van der Waals surface area contributed by atoms with E-state index in [9.17, 15) is 4.79 Å². The zero-order chi connectivity index (χ0) is 15.4. The second-order valence-electron chi connectivity index (χ2n) is 4.63. The minimum Gasteiger partial charge on any atom is -0.267 e. The molecule has 0 bridgehead atoms. The van der Waals surface area contributed by atoms with Crippen LogP contribution in [0.15, 0.2) is 52.0 Å². The number of carbonyl (C=O) groups excluding carboxylic acids is 1. The minimum absolute atomic E-state index is 0.325. The number of carbonyl (C=O) groups is 1. The summed E-state index contributed by atoms with van der Waals surface area (Å²) < 4.78 is 0.961. The van der Waals surface area contributed by atoms with Crippen LogP contribution in [0.25, 0.3) is 0 Å². The first-order valence-corrected chi connectivity index (χ1v) is 7.51. The summed E-state index contributed by atoms with van der Waals surface area (Å²) in [5, 5.41) is 4.53. The van der Waals surface area contributed by atoms with Crippen LogP contribution in [-0.2, 0) is 0 Å². The Kier molecular flexibility index (Phi) is 5.15. The van der Waals surface area contributed by atoms with E-state index in [-0.39, 0.29) is 5.91 Å². The number of rotatable bonds is 3. The van der Waals surface area contributed by atoms with Gasteiger partial charge in [0.05, 0.1) is 16.3 Å². The van der Waals surface area contributed by atoms with Gasteiger partial charge in [0, 0.05) is 4.47 Å². The predicted molar refractivity (Wildman–Crippen MR) is 90.0 cm³/mol. The summed E-state index contributed by atoms with van der Waals surface area (Å²) in [6, 6.07) is 13.0. The van der Waals surface area contributed by atoms with Crippen molar-refractivity contribution in [1.82, 2.24) is 5.43 Å². The van der Waals surface area contributed by atoms with Crippen molar-refractivity contribution in [2.75, 3.05) is 0 Å². The average molecular weight is 366 g/mol. The van der Waals surface area contributed by atoms with Crippen molar-refractivity contribution in [3.8, 4) is 0 Å². The molecular formula is C16H14BrClN2O. The fourth-order valence-electron chi connectivity index (χ4n) is 1.78. The lowest BCUT2D eigenvalue weighted by molar-refractivity contribution is 0.0955. The normalized spacial score (nSPS) is 11.3. The lowest BCUT2D eigenvalue weighted by atomic mass is 10.1. The summed E-state index contributed by atoms with van der Waals surface area (Å²) in [5.41, 5.74) is 5.59. The fraction of sp³-hybridized carbons (Fsp3) is 0.125. The summed E-state index contributed by atoms with van der Waals surface area (Å²) in [6.45, 7) is 3.75. The predicted octanol–water partition coefficient (Wildman–Crippen LogP) is 4.56. The molecule has 0 radical (unpaired) electrons.